The Bertz CT molecular complexity index is 815. The third-order valence-electron chi connectivity index (χ3n) is 6.31. The number of nitrogens with one attached hydrogen (secondary N) is 1. The van der Waals surface area contributed by atoms with Gasteiger partial charge in [-0.2, -0.15) is 0 Å². The molecule has 156 valence electrons. The van der Waals surface area contributed by atoms with Gasteiger partial charge in [0.25, 0.3) is 0 Å². The minimum atomic E-state index is -0.305. The molecule has 1 aromatic rings. The molecule has 3 heterocycles. The van der Waals surface area contributed by atoms with Crippen molar-refractivity contribution < 1.29 is 9.59 Å². The Morgan fingerprint density at radius 1 is 1.38 bits per heavy atom. The molecule has 0 saturated carbocycles. The molecule has 3 aliphatic rings. The Balaban J connectivity index is 1.51. The van der Waals surface area contributed by atoms with Crippen LogP contribution >= 0.6 is 0 Å². The van der Waals surface area contributed by atoms with Crippen molar-refractivity contribution in [1.82, 2.24) is 20.2 Å². The molecule has 1 N–H and O–H groups in total. The lowest BCUT2D eigenvalue weighted by Gasteiger charge is -2.37. The topological polar surface area (TPSA) is 78.4 Å². The van der Waals surface area contributed by atoms with Gasteiger partial charge >= 0.3 is 0 Å². The van der Waals surface area contributed by atoms with Gasteiger partial charge in [0.05, 0.1) is 17.7 Å². The maximum Gasteiger partial charge on any atom is 0.225 e. The van der Waals surface area contributed by atoms with Gasteiger partial charge in [-0.3, -0.25) is 9.59 Å². The molecule has 4 rings (SSSR count). The second-order valence-corrected chi connectivity index (χ2v) is 9.36. The van der Waals surface area contributed by atoms with Crippen LogP contribution in [-0.4, -0.2) is 52.9 Å². The van der Waals surface area contributed by atoms with Crippen molar-refractivity contribution >= 4 is 17.8 Å². The smallest absolute Gasteiger partial charge is 0.225 e. The Morgan fingerprint density at radius 2 is 2.14 bits per heavy atom. The number of nitrogens with zero attached hydrogens (tertiary/aromatic N) is 4. The van der Waals surface area contributed by atoms with Gasteiger partial charge in [-0.05, 0) is 31.1 Å². The van der Waals surface area contributed by atoms with Gasteiger partial charge in [0.15, 0.2) is 0 Å². The highest BCUT2D eigenvalue weighted by Gasteiger charge is 2.38. The number of hydrogen-bond donors (Lipinski definition) is 1. The van der Waals surface area contributed by atoms with E-state index in [0.717, 1.165) is 43.1 Å². The fraction of sp³-hybridized carbons (Fsp3) is 0.636. The van der Waals surface area contributed by atoms with Crippen LogP contribution in [0.3, 0.4) is 0 Å². The molecule has 29 heavy (non-hydrogen) atoms. The molecule has 2 atom stereocenters. The van der Waals surface area contributed by atoms with Gasteiger partial charge in [-0.25, -0.2) is 9.97 Å². The summed E-state index contributed by atoms with van der Waals surface area (Å²) in [7, 11) is 0. The van der Waals surface area contributed by atoms with E-state index >= 15 is 0 Å². The fourth-order valence-electron chi connectivity index (χ4n) is 4.80. The average Bonchev–Trinajstić information content (AvgIpc) is 3.31. The van der Waals surface area contributed by atoms with E-state index in [1.54, 1.807) is 11.0 Å². The second kappa shape index (κ2) is 7.76. The van der Waals surface area contributed by atoms with Crippen LogP contribution in [0.15, 0.2) is 18.9 Å². The van der Waals surface area contributed by atoms with Crippen molar-refractivity contribution in [2.45, 2.75) is 52.0 Å². The zero-order valence-electron chi connectivity index (χ0n) is 17.5. The summed E-state index contributed by atoms with van der Waals surface area (Å²) in [6.45, 7) is 11.1. The molecule has 0 spiro atoms. The standard InChI is InChI=1S/C22H31N5O2/c1-4-7-27-14-15(10-19(27)28)20(29)24-17-11-22(2,3)12-18-16(17)13-23-21(25-18)26-8-5-6-9-26/h4,13,15,17H,1,5-12,14H2,2-3H3,(H,24,29)/t15-,17+/m1/s1. The molecule has 2 saturated heterocycles. The molecule has 0 bridgehead atoms. The van der Waals surface area contributed by atoms with E-state index in [1.165, 1.54) is 12.8 Å². The number of hydrogen-bond acceptors (Lipinski definition) is 5. The van der Waals surface area contributed by atoms with Crippen LogP contribution in [0, 0.1) is 11.3 Å². The molecule has 0 radical (unpaired) electrons. The van der Waals surface area contributed by atoms with Gasteiger partial charge in [0.1, 0.15) is 0 Å². The van der Waals surface area contributed by atoms with Gasteiger partial charge < -0.3 is 15.1 Å². The van der Waals surface area contributed by atoms with E-state index in [0.29, 0.717) is 13.1 Å². The number of aromatic nitrogens is 2. The zero-order chi connectivity index (χ0) is 20.6. The lowest BCUT2D eigenvalue weighted by Crippen LogP contribution is -2.40. The predicted octanol–water partition coefficient (Wildman–Crippen LogP) is 2.24. The first kappa shape index (κ1) is 19.9. The summed E-state index contributed by atoms with van der Waals surface area (Å²) in [4.78, 5) is 38.5. The molecule has 0 aromatic carbocycles. The monoisotopic (exact) mass is 397 g/mol. The van der Waals surface area contributed by atoms with Crippen molar-refractivity contribution in [2.75, 3.05) is 31.1 Å². The van der Waals surface area contributed by atoms with Crippen LogP contribution in [-0.2, 0) is 16.0 Å². The summed E-state index contributed by atoms with van der Waals surface area (Å²) in [6, 6.07) is -0.113. The van der Waals surface area contributed by atoms with E-state index in [9.17, 15) is 9.59 Å². The van der Waals surface area contributed by atoms with Gasteiger partial charge in [-0.15, -0.1) is 6.58 Å². The van der Waals surface area contributed by atoms with Crippen molar-refractivity contribution in [3.8, 4) is 0 Å². The number of likely N-dealkylation sites (tertiary alicyclic amines) is 1. The summed E-state index contributed by atoms with van der Waals surface area (Å²) in [6.07, 6.45) is 7.98. The van der Waals surface area contributed by atoms with Crippen LogP contribution in [0.2, 0.25) is 0 Å². The maximum absolute atomic E-state index is 12.9. The van der Waals surface area contributed by atoms with Crippen molar-refractivity contribution in [3.63, 3.8) is 0 Å². The van der Waals surface area contributed by atoms with Crippen LogP contribution in [0.25, 0.3) is 0 Å². The van der Waals surface area contributed by atoms with E-state index in [2.05, 4.69) is 35.6 Å². The number of carbonyl (C=O) groups is 2. The Morgan fingerprint density at radius 3 is 2.86 bits per heavy atom. The molecular weight excluding hydrogens is 366 g/mol. The molecule has 1 aromatic heterocycles. The summed E-state index contributed by atoms with van der Waals surface area (Å²) in [5, 5.41) is 3.21. The first-order chi connectivity index (χ1) is 13.9. The number of fused-ring (bicyclic) bond motifs is 1. The van der Waals surface area contributed by atoms with Crippen LogP contribution in [0.5, 0.6) is 0 Å². The molecule has 7 heteroatoms. The van der Waals surface area contributed by atoms with Crippen LogP contribution < -0.4 is 10.2 Å². The SMILES string of the molecule is C=CCN1C[C@H](C(=O)N[C@H]2CC(C)(C)Cc3nc(N4CCCC4)ncc32)CC1=O. The van der Waals surface area contributed by atoms with Gasteiger partial charge in [0.2, 0.25) is 17.8 Å². The van der Waals surface area contributed by atoms with Crippen LogP contribution in [0.4, 0.5) is 5.95 Å². The highest BCUT2D eigenvalue weighted by atomic mass is 16.2. The lowest BCUT2D eigenvalue weighted by atomic mass is 9.74. The third kappa shape index (κ3) is 4.14. The largest absolute Gasteiger partial charge is 0.349 e. The normalized spacial score (nSPS) is 25.8. The highest BCUT2D eigenvalue weighted by molar-refractivity contribution is 5.89. The molecule has 1 aliphatic carbocycles. The minimum absolute atomic E-state index is 0.0213. The third-order valence-corrected chi connectivity index (χ3v) is 6.31. The molecular formula is C22H31N5O2. The zero-order valence-corrected chi connectivity index (χ0v) is 17.5. The fourth-order valence-corrected chi connectivity index (χ4v) is 4.80. The Kier molecular flexibility index (Phi) is 5.32. The summed E-state index contributed by atoms with van der Waals surface area (Å²) in [5.74, 6) is 0.474. The van der Waals surface area contributed by atoms with Gasteiger partial charge in [-0.1, -0.05) is 19.9 Å². The quantitative estimate of drug-likeness (QED) is 0.771. The van der Waals surface area contributed by atoms with Crippen molar-refractivity contribution in [2.24, 2.45) is 11.3 Å². The summed E-state index contributed by atoms with van der Waals surface area (Å²) >= 11 is 0. The van der Waals surface area contributed by atoms with Gasteiger partial charge in [0, 0.05) is 44.4 Å². The Labute approximate surface area is 172 Å². The van der Waals surface area contributed by atoms with Crippen molar-refractivity contribution in [3.05, 3.63) is 30.1 Å². The number of amides is 2. The molecule has 2 amide bonds. The number of carbonyl (C=O) groups excluding carboxylic acids is 2. The number of anilines is 1. The molecule has 7 nitrogen and oxygen atoms in total. The first-order valence-electron chi connectivity index (χ1n) is 10.7. The molecule has 2 fully saturated rings. The second-order valence-electron chi connectivity index (χ2n) is 9.36. The molecule has 2 aliphatic heterocycles. The molecule has 0 unspecified atom stereocenters. The summed E-state index contributed by atoms with van der Waals surface area (Å²) in [5.41, 5.74) is 2.11. The van der Waals surface area contributed by atoms with Crippen LogP contribution in [0.1, 0.15) is 56.8 Å². The van der Waals surface area contributed by atoms with Crippen molar-refractivity contribution in [1.29, 1.82) is 0 Å². The van der Waals surface area contributed by atoms with E-state index < -0.39 is 0 Å². The minimum Gasteiger partial charge on any atom is -0.349 e. The summed E-state index contributed by atoms with van der Waals surface area (Å²) < 4.78 is 0. The lowest BCUT2D eigenvalue weighted by molar-refractivity contribution is -0.129. The van der Waals surface area contributed by atoms with E-state index in [-0.39, 0.29) is 35.6 Å². The van der Waals surface area contributed by atoms with E-state index in [1.807, 2.05) is 6.20 Å². The Hall–Kier alpha value is -2.44. The first-order valence-corrected chi connectivity index (χ1v) is 10.7. The average molecular weight is 398 g/mol. The van der Waals surface area contributed by atoms with E-state index in [4.69, 9.17) is 4.98 Å². The maximum atomic E-state index is 12.9. The highest BCUT2D eigenvalue weighted by Crippen LogP contribution is 2.40. The number of rotatable bonds is 5. The predicted molar refractivity (Wildman–Crippen MR) is 111 cm³/mol.